The van der Waals surface area contributed by atoms with E-state index in [1.807, 2.05) is 36.4 Å². The van der Waals surface area contributed by atoms with E-state index in [1.54, 1.807) is 26.3 Å². The minimum absolute atomic E-state index is 0.226. The maximum Gasteiger partial charge on any atom is 0.276 e. The van der Waals surface area contributed by atoms with Crippen molar-refractivity contribution in [1.82, 2.24) is 10.3 Å². The van der Waals surface area contributed by atoms with Crippen LogP contribution in [-0.4, -0.2) is 37.4 Å². The molecule has 1 N–H and O–H groups in total. The van der Waals surface area contributed by atoms with Crippen molar-refractivity contribution in [2.75, 3.05) is 21.3 Å². The summed E-state index contributed by atoms with van der Waals surface area (Å²) < 4.78 is 16.6. The molecule has 0 aromatic heterocycles. The third-order valence-corrected chi connectivity index (χ3v) is 6.93. The number of hydrazone groups is 1. The lowest BCUT2D eigenvalue weighted by Gasteiger charge is -2.34. The fourth-order valence-electron chi connectivity index (χ4n) is 4.20. The normalized spacial score (nSPS) is 16.3. The van der Waals surface area contributed by atoms with E-state index in [0.29, 0.717) is 39.2 Å². The minimum Gasteiger partial charge on any atom is -0.493 e. The molecule has 5 rings (SSSR count). The van der Waals surface area contributed by atoms with Gasteiger partial charge in [-0.05, 0) is 30.7 Å². The van der Waals surface area contributed by atoms with E-state index in [0.717, 1.165) is 16.3 Å². The number of fused-ring (bicyclic) bond motifs is 2. The molecule has 9 heteroatoms. The average Bonchev–Trinajstić information content (AvgIpc) is 2.91. The van der Waals surface area contributed by atoms with Gasteiger partial charge in [0.2, 0.25) is 5.75 Å². The molecule has 36 heavy (non-hydrogen) atoms. The zero-order valence-corrected chi connectivity index (χ0v) is 21.3. The van der Waals surface area contributed by atoms with Gasteiger partial charge in [0.1, 0.15) is 5.70 Å². The highest BCUT2D eigenvalue weighted by Crippen LogP contribution is 2.42. The van der Waals surface area contributed by atoms with Gasteiger partial charge >= 0.3 is 0 Å². The van der Waals surface area contributed by atoms with Crippen LogP contribution < -0.4 is 30.1 Å². The van der Waals surface area contributed by atoms with E-state index in [1.165, 1.54) is 17.3 Å². The molecule has 2 heterocycles. The number of aryl methyl sites for hydroxylation is 1. The number of benzene rings is 3. The van der Waals surface area contributed by atoms with E-state index in [-0.39, 0.29) is 5.91 Å². The monoisotopic (exact) mass is 502 g/mol. The van der Waals surface area contributed by atoms with Gasteiger partial charge in [-0.3, -0.25) is 15.1 Å². The molecular formula is C27H26N4O4S. The first-order chi connectivity index (χ1) is 17.5. The Morgan fingerprint density at radius 1 is 0.972 bits per heavy atom. The van der Waals surface area contributed by atoms with Crippen LogP contribution >= 0.6 is 11.8 Å². The van der Waals surface area contributed by atoms with Crippen molar-refractivity contribution in [1.29, 1.82) is 0 Å². The van der Waals surface area contributed by atoms with Gasteiger partial charge in [-0.2, -0.15) is 0 Å². The molecule has 0 radical (unpaired) electrons. The molecule has 0 unspecified atom stereocenters. The summed E-state index contributed by atoms with van der Waals surface area (Å²) >= 11 is 1.47. The number of hydrogen-bond acceptors (Lipinski definition) is 8. The number of amides is 1. The Morgan fingerprint density at radius 3 is 2.33 bits per heavy atom. The fraction of sp³-hybridized carbons (Fsp3) is 0.222. The molecule has 0 aliphatic carbocycles. The molecule has 0 saturated heterocycles. The number of methoxy groups -OCH3 is 3. The van der Waals surface area contributed by atoms with Crippen LogP contribution in [0.25, 0.3) is 5.70 Å². The highest BCUT2D eigenvalue weighted by Gasteiger charge is 2.35. The number of nitrogens with zero attached hydrogens (tertiary/aromatic N) is 3. The molecule has 0 fully saturated rings. The highest BCUT2D eigenvalue weighted by atomic mass is 32.2. The van der Waals surface area contributed by atoms with Crippen LogP contribution in [-0.2, 0) is 10.5 Å². The van der Waals surface area contributed by atoms with Crippen molar-refractivity contribution in [3.63, 3.8) is 0 Å². The van der Waals surface area contributed by atoms with Crippen LogP contribution in [0.2, 0.25) is 0 Å². The lowest BCUT2D eigenvalue weighted by atomic mass is 10.1. The van der Waals surface area contributed by atoms with Gasteiger partial charge in [0.05, 0.1) is 26.7 Å². The van der Waals surface area contributed by atoms with Gasteiger partial charge in [-0.15, -0.1) is 5.10 Å². The maximum absolute atomic E-state index is 13.4. The van der Waals surface area contributed by atoms with Crippen molar-refractivity contribution >= 4 is 28.5 Å². The second kappa shape index (κ2) is 9.94. The molecule has 0 bridgehead atoms. The molecule has 2 aliphatic heterocycles. The van der Waals surface area contributed by atoms with Crippen molar-refractivity contribution in [3.8, 4) is 17.2 Å². The van der Waals surface area contributed by atoms with E-state index >= 15 is 0 Å². The quantitative estimate of drug-likeness (QED) is 0.558. The van der Waals surface area contributed by atoms with Gasteiger partial charge < -0.3 is 14.2 Å². The SMILES string of the molecule is COc1cc([C@H]2N=c3ccccc3=C3C(=O)NC(SCc4ccc(C)cc4)=NN32)cc(OC)c1OC. The molecule has 1 atom stereocenters. The van der Waals surface area contributed by atoms with Crippen LogP contribution in [0, 0.1) is 6.92 Å². The number of rotatable bonds is 6. The molecule has 3 aromatic carbocycles. The molecule has 0 saturated carbocycles. The van der Waals surface area contributed by atoms with E-state index in [2.05, 4.69) is 36.5 Å². The summed E-state index contributed by atoms with van der Waals surface area (Å²) in [6.07, 6.45) is -0.607. The van der Waals surface area contributed by atoms with Gasteiger partial charge in [0.15, 0.2) is 22.8 Å². The van der Waals surface area contributed by atoms with E-state index < -0.39 is 6.17 Å². The Labute approximate surface area is 213 Å². The number of carbonyl (C=O) groups excluding carboxylic acids is 1. The molecule has 184 valence electrons. The van der Waals surface area contributed by atoms with Gasteiger partial charge in [-0.25, -0.2) is 5.01 Å². The third kappa shape index (κ3) is 4.37. The Bertz CT molecular complexity index is 1440. The zero-order valence-electron chi connectivity index (χ0n) is 20.4. The Hall–Kier alpha value is -3.98. The zero-order chi connectivity index (χ0) is 25.2. The first-order valence-electron chi connectivity index (χ1n) is 11.4. The summed E-state index contributed by atoms with van der Waals surface area (Å²) in [6.45, 7) is 2.06. The first-order valence-corrected chi connectivity index (χ1v) is 12.4. The number of hydrogen-bond donors (Lipinski definition) is 1. The number of carbonyl (C=O) groups is 1. The molecular weight excluding hydrogens is 476 g/mol. The molecule has 2 aliphatic rings. The summed E-state index contributed by atoms with van der Waals surface area (Å²) in [5.41, 5.74) is 3.54. The fourth-order valence-corrected chi connectivity index (χ4v) is 5.00. The maximum atomic E-state index is 13.4. The molecule has 1 amide bonds. The number of ether oxygens (including phenoxy) is 3. The Kier molecular flexibility index (Phi) is 6.56. The van der Waals surface area contributed by atoms with Crippen molar-refractivity contribution in [2.45, 2.75) is 18.8 Å². The van der Waals surface area contributed by atoms with Crippen LogP contribution in [0.1, 0.15) is 22.9 Å². The Morgan fingerprint density at radius 2 is 1.67 bits per heavy atom. The van der Waals surface area contributed by atoms with Crippen LogP contribution in [0.15, 0.2) is 70.8 Å². The Balaban J connectivity index is 1.59. The molecule has 8 nitrogen and oxygen atoms in total. The van der Waals surface area contributed by atoms with E-state index in [9.17, 15) is 4.79 Å². The highest BCUT2D eigenvalue weighted by molar-refractivity contribution is 8.13. The largest absolute Gasteiger partial charge is 0.493 e. The molecule has 3 aromatic rings. The number of nitrogens with one attached hydrogen (secondary N) is 1. The number of thioether (sulfide) groups is 1. The van der Waals surface area contributed by atoms with Crippen LogP contribution in [0.5, 0.6) is 17.2 Å². The predicted octanol–water partition coefficient (Wildman–Crippen LogP) is 3.10. The predicted molar refractivity (Wildman–Crippen MR) is 139 cm³/mol. The number of para-hydroxylation sites is 1. The van der Waals surface area contributed by atoms with Crippen LogP contribution in [0.4, 0.5) is 0 Å². The van der Waals surface area contributed by atoms with Crippen molar-refractivity contribution in [3.05, 3.63) is 87.9 Å². The van der Waals surface area contributed by atoms with Gasteiger partial charge in [0, 0.05) is 16.5 Å². The second-order valence-electron chi connectivity index (χ2n) is 8.31. The topological polar surface area (TPSA) is 84.8 Å². The molecule has 0 spiro atoms. The summed E-state index contributed by atoms with van der Waals surface area (Å²) in [7, 11) is 4.69. The lowest BCUT2D eigenvalue weighted by molar-refractivity contribution is -0.116. The summed E-state index contributed by atoms with van der Waals surface area (Å²) in [6, 6.07) is 19.5. The minimum atomic E-state index is -0.607. The first kappa shape index (κ1) is 23.7. The summed E-state index contributed by atoms with van der Waals surface area (Å²) in [4.78, 5) is 18.3. The lowest BCUT2D eigenvalue weighted by Crippen LogP contribution is -2.50. The number of amidine groups is 1. The second-order valence-corrected chi connectivity index (χ2v) is 9.27. The average molecular weight is 503 g/mol. The summed E-state index contributed by atoms with van der Waals surface area (Å²) in [5, 5.41) is 11.4. The standard InChI is InChI=1S/C27H26N4O4S/c1-16-9-11-17(12-10-16)15-36-27-29-26(32)23-19-7-5-6-8-20(19)28-25(31(23)30-27)18-13-21(33-2)24(35-4)22(14-18)34-3/h5-14,25H,15H2,1-4H3,(H,29,30,32)/t25-/m0/s1. The van der Waals surface area contributed by atoms with Gasteiger partial charge in [-0.1, -0.05) is 59.8 Å². The summed E-state index contributed by atoms with van der Waals surface area (Å²) in [5.74, 6) is 1.93. The van der Waals surface area contributed by atoms with E-state index in [4.69, 9.17) is 24.3 Å². The van der Waals surface area contributed by atoms with Gasteiger partial charge in [0.25, 0.3) is 5.91 Å². The van der Waals surface area contributed by atoms with Crippen molar-refractivity contribution in [2.24, 2.45) is 10.1 Å². The third-order valence-electron chi connectivity index (χ3n) is 6.00. The van der Waals surface area contributed by atoms with Crippen molar-refractivity contribution < 1.29 is 19.0 Å². The van der Waals surface area contributed by atoms with Crippen LogP contribution in [0.3, 0.4) is 0 Å². The smallest absolute Gasteiger partial charge is 0.276 e.